The summed E-state index contributed by atoms with van der Waals surface area (Å²) in [5.74, 6) is 0.248. The van der Waals surface area contributed by atoms with E-state index in [0.717, 1.165) is 5.56 Å². The van der Waals surface area contributed by atoms with Crippen molar-refractivity contribution in [2.45, 2.75) is 0 Å². The summed E-state index contributed by atoms with van der Waals surface area (Å²) in [6, 6.07) is 8.82. The molecule has 0 aliphatic heterocycles. The molecule has 2 aromatic heterocycles. The third-order valence-corrected chi connectivity index (χ3v) is 4.93. The minimum Gasteiger partial charge on any atom is -0.455 e. The predicted octanol–water partition coefficient (Wildman–Crippen LogP) is 3.16. The molecule has 2 heterocycles. The van der Waals surface area contributed by atoms with Gasteiger partial charge in [-0.05, 0) is 24.3 Å². The van der Waals surface area contributed by atoms with E-state index in [4.69, 9.17) is 4.42 Å². The summed E-state index contributed by atoms with van der Waals surface area (Å²) in [4.78, 5) is 25.7. The van der Waals surface area contributed by atoms with E-state index in [0.29, 0.717) is 22.6 Å². The van der Waals surface area contributed by atoms with Gasteiger partial charge in [-0.15, -0.1) is 10.2 Å². The van der Waals surface area contributed by atoms with E-state index in [2.05, 4.69) is 15.3 Å². The normalized spacial score (nSPS) is 20.6. The number of carbonyl (C=O) groups is 2. The molecule has 3 aromatic rings. The van der Waals surface area contributed by atoms with Crippen molar-refractivity contribution in [2.24, 2.45) is 16.9 Å². The van der Waals surface area contributed by atoms with Crippen molar-refractivity contribution in [3.8, 4) is 11.3 Å². The Kier molecular flexibility index (Phi) is 3.72. The molecule has 28 heavy (non-hydrogen) atoms. The molecule has 5 rings (SSSR count). The van der Waals surface area contributed by atoms with Crippen LogP contribution in [0.3, 0.4) is 0 Å². The van der Waals surface area contributed by atoms with Gasteiger partial charge in [0.2, 0.25) is 0 Å². The fourth-order valence-electron chi connectivity index (χ4n) is 3.54. The maximum Gasteiger partial charge on any atom is 0.171 e. The van der Waals surface area contributed by atoms with Gasteiger partial charge in [0.25, 0.3) is 0 Å². The first-order valence-electron chi connectivity index (χ1n) is 8.77. The zero-order valence-electron chi connectivity index (χ0n) is 14.6. The number of carbonyl (C=O) groups excluding carboxylic acids is 2. The van der Waals surface area contributed by atoms with Gasteiger partial charge in [-0.25, -0.2) is 4.68 Å². The molecule has 2 aliphatic carbocycles. The molecule has 0 spiro atoms. The molecule has 0 saturated carbocycles. The number of furan rings is 1. The maximum absolute atomic E-state index is 12.9. The van der Waals surface area contributed by atoms with Gasteiger partial charge in [-0.3, -0.25) is 9.59 Å². The van der Waals surface area contributed by atoms with E-state index < -0.39 is 11.8 Å². The Labute approximate surface area is 159 Å². The smallest absolute Gasteiger partial charge is 0.171 e. The lowest BCUT2D eigenvalue weighted by atomic mass is 9.72. The van der Waals surface area contributed by atoms with E-state index in [-0.39, 0.29) is 11.6 Å². The molecule has 0 amide bonds. The summed E-state index contributed by atoms with van der Waals surface area (Å²) in [5.41, 5.74) is 1.65. The Morgan fingerprint density at radius 1 is 0.929 bits per heavy atom. The zero-order chi connectivity index (χ0) is 19.1. The Balaban J connectivity index is 1.48. The van der Waals surface area contributed by atoms with Crippen LogP contribution in [0, 0.1) is 11.8 Å². The van der Waals surface area contributed by atoms with Crippen LogP contribution in [0.4, 0.5) is 0 Å². The van der Waals surface area contributed by atoms with Gasteiger partial charge < -0.3 is 4.42 Å². The van der Waals surface area contributed by atoms with Crippen molar-refractivity contribution in [2.75, 3.05) is 0 Å². The topological polar surface area (TPSA) is 90.3 Å². The van der Waals surface area contributed by atoms with Crippen molar-refractivity contribution in [1.82, 2.24) is 14.9 Å². The van der Waals surface area contributed by atoms with Crippen molar-refractivity contribution in [3.05, 3.63) is 84.2 Å². The fraction of sp³-hybridized carbons (Fsp3) is 0.0952. The first-order chi connectivity index (χ1) is 13.7. The summed E-state index contributed by atoms with van der Waals surface area (Å²) in [6.07, 6.45) is 11.7. The number of Topliss-reactive ketones (excluding diaryl/α,β-unsaturated/α-hetero) is 2. The number of allylic oxidation sites excluding steroid dienone is 4. The van der Waals surface area contributed by atoms with Crippen LogP contribution >= 0.6 is 0 Å². The zero-order valence-corrected chi connectivity index (χ0v) is 14.6. The second-order valence-electron chi connectivity index (χ2n) is 6.60. The number of ketones is 2. The summed E-state index contributed by atoms with van der Waals surface area (Å²) in [7, 11) is 0. The summed E-state index contributed by atoms with van der Waals surface area (Å²) in [5, 5.41) is 11.5. The molecule has 0 N–H and O–H groups in total. The number of hydrogen-bond acceptors (Lipinski definition) is 6. The highest BCUT2D eigenvalue weighted by molar-refractivity contribution is 6.17. The minimum absolute atomic E-state index is 0.0204. The number of aromatic nitrogens is 3. The molecule has 0 bridgehead atoms. The first kappa shape index (κ1) is 16.3. The van der Waals surface area contributed by atoms with Crippen LogP contribution < -0.4 is 0 Å². The van der Waals surface area contributed by atoms with Crippen molar-refractivity contribution in [3.63, 3.8) is 0 Å². The van der Waals surface area contributed by atoms with E-state index in [1.807, 2.05) is 12.2 Å². The Bertz CT molecular complexity index is 1170. The molecule has 0 radical (unpaired) electrons. The molecular weight excluding hydrogens is 356 g/mol. The highest BCUT2D eigenvalue weighted by Gasteiger charge is 2.39. The molecule has 7 nitrogen and oxygen atoms in total. The summed E-state index contributed by atoms with van der Waals surface area (Å²) >= 11 is 0. The van der Waals surface area contributed by atoms with Gasteiger partial charge in [0, 0.05) is 16.7 Å². The van der Waals surface area contributed by atoms with Crippen LogP contribution in [0.1, 0.15) is 26.5 Å². The number of rotatable bonds is 3. The van der Waals surface area contributed by atoms with Crippen LogP contribution in [0.2, 0.25) is 0 Å². The second kappa shape index (κ2) is 6.38. The molecule has 136 valence electrons. The van der Waals surface area contributed by atoms with Crippen LogP contribution in [0.5, 0.6) is 0 Å². The largest absolute Gasteiger partial charge is 0.455 e. The van der Waals surface area contributed by atoms with Crippen LogP contribution in [0.25, 0.3) is 11.3 Å². The highest BCUT2D eigenvalue weighted by atomic mass is 16.3. The number of hydrogen-bond donors (Lipinski definition) is 0. The minimum atomic E-state index is -0.427. The van der Waals surface area contributed by atoms with Crippen LogP contribution in [0.15, 0.2) is 76.8 Å². The Morgan fingerprint density at radius 3 is 2.39 bits per heavy atom. The van der Waals surface area contributed by atoms with Gasteiger partial charge in [0.15, 0.2) is 11.6 Å². The Morgan fingerprint density at radius 2 is 1.64 bits per heavy atom. The molecule has 1 aromatic carbocycles. The molecule has 2 atom stereocenters. The average Bonchev–Trinajstić information content (AvgIpc) is 3.42. The van der Waals surface area contributed by atoms with E-state index in [1.165, 1.54) is 17.3 Å². The summed E-state index contributed by atoms with van der Waals surface area (Å²) in [6.45, 7) is 0. The van der Waals surface area contributed by atoms with Gasteiger partial charge in [-0.1, -0.05) is 30.4 Å². The molecule has 0 unspecified atom stereocenters. The number of fused-ring (bicyclic) bond motifs is 2. The lowest BCUT2D eigenvalue weighted by Crippen LogP contribution is -2.35. The van der Waals surface area contributed by atoms with Crippen LogP contribution in [-0.2, 0) is 0 Å². The average molecular weight is 370 g/mol. The number of nitrogens with zero attached hydrogens (tertiary/aromatic N) is 4. The lowest BCUT2D eigenvalue weighted by Gasteiger charge is -2.28. The van der Waals surface area contributed by atoms with Crippen molar-refractivity contribution >= 4 is 17.8 Å². The SMILES string of the molecule is O=C1c2ccc(-c3ccc(/C=N/n4cnnc4)o3)cc2C(=O)[C@@H]2C=CC=C[C@@H]12. The monoisotopic (exact) mass is 370 g/mol. The molecule has 0 fully saturated rings. The van der Waals surface area contributed by atoms with Crippen molar-refractivity contribution in [1.29, 1.82) is 0 Å². The quantitative estimate of drug-likeness (QED) is 0.661. The van der Waals surface area contributed by atoms with Gasteiger partial charge in [0.05, 0.1) is 18.1 Å². The third kappa shape index (κ3) is 2.64. The fourth-order valence-corrected chi connectivity index (χ4v) is 3.54. The molecule has 2 aliphatic rings. The standard InChI is InChI=1S/C21H14N4O3/c26-20-15-3-1-2-4-16(15)21(27)18-9-13(5-7-17(18)20)19-8-6-14(28-19)10-24-25-11-22-23-12-25/h1-12,15-16H/b24-10+/t15-,16-/m1/s1. The summed E-state index contributed by atoms with van der Waals surface area (Å²) < 4.78 is 7.26. The second-order valence-corrected chi connectivity index (χ2v) is 6.60. The van der Waals surface area contributed by atoms with Gasteiger partial charge in [-0.2, -0.15) is 5.10 Å². The van der Waals surface area contributed by atoms with Crippen molar-refractivity contribution < 1.29 is 14.0 Å². The first-order valence-corrected chi connectivity index (χ1v) is 8.77. The molecular formula is C21H14N4O3. The predicted molar refractivity (Wildman–Crippen MR) is 101 cm³/mol. The molecule has 7 heteroatoms. The Hall–Kier alpha value is -3.87. The third-order valence-electron chi connectivity index (χ3n) is 4.93. The van der Waals surface area contributed by atoms with E-state index >= 15 is 0 Å². The highest BCUT2D eigenvalue weighted by Crippen LogP contribution is 2.36. The van der Waals surface area contributed by atoms with E-state index in [9.17, 15) is 9.59 Å². The van der Waals surface area contributed by atoms with Crippen LogP contribution in [-0.4, -0.2) is 32.7 Å². The van der Waals surface area contributed by atoms with Gasteiger partial charge >= 0.3 is 0 Å². The van der Waals surface area contributed by atoms with E-state index in [1.54, 1.807) is 48.7 Å². The lowest BCUT2D eigenvalue weighted by molar-refractivity contribution is 0.0801. The maximum atomic E-state index is 12.9. The van der Waals surface area contributed by atoms with Gasteiger partial charge in [0.1, 0.15) is 24.2 Å². The number of benzene rings is 1. The molecule has 0 saturated heterocycles.